The predicted molar refractivity (Wildman–Crippen MR) is 79.8 cm³/mol. The Hall–Kier alpha value is -0.120. The lowest BCUT2D eigenvalue weighted by molar-refractivity contribution is 0.0827. The number of likely N-dealkylation sites (N-methyl/N-ethyl adjacent to an activating group) is 1. The molecule has 2 N–H and O–H groups in total. The molecule has 1 unspecified atom stereocenters. The lowest BCUT2D eigenvalue weighted by Gasteiger charge is -2.41. The first-order valence-electron chi connectivity index (χ1n) is 7.51. The predicted octanol–water partition coefficient (Wildman–Crippen LogP) is 2.17. The van der Waals surface area contributed by atoms with Crippen LogP contribution in [0.25, 0.3) is 0 Å². The van der Waals surface area contributed by atoms with Gasteiger partial charge in [0.2, 0.25) is 0 Å². The fourth-order valence-corrected chi connectivity index (χ4v) is 3.04. The average Bonchev–Trinajstić information content (AvgIpc) is 2.34. The van der Waals surface area contributed by atoms with Crippen molar-refractivity contribution >= 4 is 0 Å². The average molecular weight is 255 g/mol. The Morgan fingerprint density at radius 1 is 1.28 bits per heavy atom. The van der Waals surface area contributed by atoms with Crippen LogP contribution in [0.4, 0.5) is 0 Å². The highest BCUT2D eigenvalue weighted by molar-refractivity contribution is 4.84. The fraction of sp³-hybridized carbons (Fsp3) is 1.00. The van der Waals surface area contributed by atoms with Crippen molar-refractivity contribution in [3.63, 3.8) is 0 Å². The van der Waals surface area contributed by atoms with Gasteiger partial charge in [0.15, 0.2) is 0 Å². The second-order valence-electron chi connectivity index (χ2n) is 6.99. The quantitative estimate of drug-likeness (QED) is 0.817. The largest absolute Gasteiger partial charge is 0.329 e. The van der Waals surface area contributed by atoms with Crippen molar-refractivity contribution in [2.45, 2.75) is 59.0 Å². The Morgan fingerprint density at radius 3 is 2.22 bits per heavy atom. The second kappa shape index (κ2) is 6.88. The van der Waals surface area contributed by atoms with Crippen molar-refractivity contribution in [3.05, 3.63) is 0 Å². The van der Waals surface area contributed by atoms with Crippen LogP contribution in [-0.2, 0) is 0 Å². The zero-order valence-corrected chi connectivity index (χ0v) is 13.1. The highest BCUT2D eigenvalue weighted by atomic mass is 15.2. The van der Waals surface area contributed by atoms with Crippen LogP contribution in [0, 0.1) is 5.41 Å². The lowest BCUT2D eigenvalue weighted by Crippen LogP contribution is -2.50. The van der Waals surface area contributed by atoms with E-state index < -0.39 is 0 Å². The first-order chi connectivity index (χ1) is 8.37. The van der Waals surface area contributed by atoms with E-state index >= 15 is 0 Å². The Labute approximate surface area is 114 Å². The number of nitrogens with two attached hydrogens (primary N) is 1. The standard InChI is InChI=1S/C15H33N3/c1-6-18-9-7-13(8-10-18)17(5)14(12-16)11-15(2,3)4/h13-14H,6-12,16H2,1-5H3. The SMILES string of the molecule is CCN1CCC(N(C)C(CN)CC(C)(C)C)CC1. The summed E-state index contributed by atoms with van der Waals surface area (Å²) in [6.07, 6.45) is 3.78. The van der Waals surface area contributed by atoms with Crippen LogP contribution in [0.15, 0.2) is 0 Å². The van der Waals surface area contributed by atoms with E-state index in [9.17, 15) is 0 Å². The van der Waals surface area contributed by atoms with E-state index in [-0.39, 0.29) is 0 Å². The Bertz CT molecular complexity index is 226. The third-order valence-corrected chi connectivity index (χ3v) is 4.28. The molecular weight excluding hydrogens is 222 g/mol. The van der Waals surface area contributed by atoms with Gasteiger partial charge in [-0.25, -0.2) is 0 Å². The van der Waals surface area contributed by atoms with Crippen molar-refractivity contribution in [1.82, 2.24) is 9.80 Å². The molecule has 0 aromatic heterocycles. The van der Waals surface area contributed by atoms with Gasteiger partial charge in [-0.05, 0) is 51.4 Å². The molecule has 1 rings (SSSR count). The van der Waals surface area contributed by atoms with Gasteiger partial charge in [-0.2, -0.15) is 0 Å². The fourth-order valence-electron chi connectivity index (χ4n) is 3.04. The van der Waals surface area contributed by atoms with Gasteiger partial charge in [0.25, 0.3) is 0 Å². The van der Waals surface area contributed by atoms with Gasteiger partial charge >= 0.3 is 0 Å². The molecule has 1 fully saturated rings. The minimum Gasteiger partial charge on any atom is -0.329 e. The summed E-state index contributed by atoms with van der Waals surface area (Å²) in [5.74, 6) is 0. The third kappa shape index (κ3) is 4.87. The van der Waals surface area contributed by atoms with Crippen molar-refractivity contribution in [3.8, 4) is 0 Å². The number of hydrogen-bond donors (Lipinski definition) is 1. The van der Waals surface area contributed by atoms with Gasteiger partial charge in [-0.1, -0.05) is 27.7 Å². The summed E-state index contributed by atoms with van der Waals surface area (Å²) in [4.78, 5) is 5.10. The van der Waals surface area contributed by atoms with E-state index in [2.05, 4.69) is 44.5 Å². The van der Waals surface area contributed by atoms with Crippen LogP contribution in [0.2, 0.25) is 0 Å². The molecule has 0 bridgehead atoms. The van der Waals surface area contributed by atoms with Gasteiger partial charge in [0.1, 0.15) is 0 Å². The van der Waals surface area contributed by atoms with E-state index in [0.717, 1.165) is 12.6 Å². The number of hydrogen-bond acceptors (Lipinski definition) is 3. The summed E-state index contributed by atoms with van der Waals surface area (Å²) in [7, 11) is 2.27. The molecule has 1 atom stereocenters. The maximum Gasteiger partial charge on any atom is 0.0223 e. The summed E-state index contributed by atoms with van der Waals surface area (Å²) in [6, 6.07) is 1.26. The molecule has 18 heavy (non-hydrogen) atoms. The van der Waals surface area contributed by atoms with E-state index in [4.69, 9.17) is 5.73 Å². The number of rotatable bonds is 5. The highest BCUT2D eigenvalue weighted by Gasteiger charge is 2.28. The third-order valence-electron chi connectivity index (χ3n) is 4.28. The summed E-state index contributed by atoms with van der Waals surface area (Å²) in [5, 5.41) is 0. The van der Waals surface area contributed by atoms with E-state index in [1.807, 2.05) is 0 Å². The molecule has 1 aliphatic heterocycles. The molecule has 0 saturated carbocycles. The van der Waals surface area contributed by atoms with Crippen molar-refractivity contribution < 1.29 is 0 Å². The lowest BCUT2D eigenvalue weighted by atomic mass is 9.86. The van der Waals surface area contributed by atoms with Gasteiger partial charge in [-0.3, -0.25) is 4.90 Å². The minimum atomic E-state index is 0.364. The molecule has 1 aliphatic rings. The summed E-state index contributed by atoms with van der Waals surface area (Å²) >= 11 is 0. The molecule has 0 spiro atoms. The van der Waals surface area contributed by atoms with E-state index in [1.54, 1.807) is 0 Å². The van der Waals surface area contributed by atoms with Crippen LogP contribution in [0.3, 0.4) is 0 Å². The Morgan fingerprint density at radius 2 is 1.83 bits per heavy atom. The Kier molecular flexibility index (Phi) is 6.09. The second-order valence-corrected chi connectivity index (χ2v) is 6.99. The van der Waals surface area contributed by atoms with Gasteiger partial charge in [0, 0.05) is 18.6 Å². The maximum atomic E-state index is 5.99. The molecule has 1 saturated heterocycles. The highest BCUT2D eigenvalue weighted by Crippen LogP contribution is 2.25. The molecule has 3 nitrogen and oxygen atoms in total. The van der Waals surface area contributed by atoms with E-state index in [0.29, 0.717) is 11.5 Å². The first-order valence-corrected chi connectivity index (χ1v) is 7.51. The summed E-state index contributed by atoms with van der Waals surface area (Å²) < 4.78 is 0. The number of piperidine rings is 1. The zero-order valence-electron chi connectivity index (χ0n) is 13.1. The molecular formula is C15H33N3. The smallest absolute Gasteiger partial charge is 0.0223 e. The molecule has 0 radical (unpaired) electrons. The van der Waals surface area contributed by atoms with Crippen LogP contribution < -0.4 is 5.73 Å². The molecule has 0 aromatic rings. The van der Waals surface area contributed by atoms with Gasteiger partial charge < -0.3 is 10.6 Å². The van der Waals surface area contributed by atoms with Crippen molar-refractivity contribution in [1.29, 1.82) is 0 Å². The van der Waals surface area contributed by atoms with Crippen LogP contribution in [-0.4, -0.2) is 55.1 Å². The Balaban J connectivity index is 2.49. The maximum absolute atomic E-state index is 5.99. The monoisotopic (exact) mass is 255 g/mol. The zero-order chi connectivity index (χ0) is 13.8. The van der Waals surface area contributed by atoms with Gasteiger partial charge in [0.05, 0.1) is 0 Å². The van der Waals surface area contributed by atoms with Crippen molar-refractivity contribution in [2.24, 2.45) is 11.1 Å². The van der Waals surface area contributed by atoms with Crippen molar-refractivity contribution in [2.75, 3.05) is 33.2 Å². The molecule has 108 valence electrons. The summed E-state index contributed by atoms with van der Waals surface area (Å²) in [5.41, 5.74) is 6.35. The number of nitrogens with zero attached hydrogens (tertiary/aromatic N) is 2. The normalized spacial score (nSPS) is 21.5. The molecule has 0 aliphatic carbocycles. The number of likely N-dealkylation sites (tertiary alicyclic amines) is 1. The first kappa shape index (κ1) is 15.9. The molecule has 0 amide bonds. The molecule has 1 heterocycles. The summed E-state index contributed by atoms with van der Waals surface area (Å²) in [6.45, 7) is 13.7. The van der Waals surface area contributed by atoms with Gasteiger partial charge in [-0.15, -0.1) is 0 Å². The van der Waals surface area contributed by atoms with Crippen LogP contribution >= 0.6 is 0 Å². The topological polar surface area (TPSA) is 32.5 Å². The molecule has 0 aromatic carbocycles. The molecule has 3 heteroatoms. The minimum absolute atomic E-state index is 0.364. The van der Waals surface area contributed by atoms with Crippen LogP contribution in [0.1, 0.15) is 47.0 Å². The van der Waals surface area contributed by atoms with E-state index in [1.165, 1.54) is 38.9 Å². The van der Waals surface area contributed by atoms with Crippen LogP contribution in [0.5, 0.6) is 0 Å².